The van der Waals surface area contributed by atoms with E-state index in [0.29, 0.717) is 29.3 Å². The van der Waals surface area contributed by atoms with Crippen molar-refractivity contribution in [3.63, 3.8) is 0 Å². The fourth-order valence-corrected chi connectivity index (χ4v) is 8.98. The minimum absolute atomic E-state index is 0.0521. The van der Waals surface area contributed by atoms with Gasteiger partial charge in [-0.15, -0.1) is 0 Å². The Morgan fingerprint density at radius 3 is 2.24 bits per heavy atom. The minimum Gasteiger partial charge on any atom is -0.364 e. The molecule has 0 bridgehead atoms. The van der Waals surface area contributed by atoms with Crippen LogP contribution < -0.4 is 4.90 Å². The molecule has 3 aromatic carbocycles. The maximum absolute atomic E-state index is 14.5. The van der Waals surface area contributed by atoms with Crippen LogP contribution in [0.1, 0.15) is 68.4 Å². The molecular weight excluding hydrogens is 494 g/mol. The first-order valence-corrected chi connectivity index (χ1v) is 15.4. The van der Waals surface area contributed by atoms with Gasteiger partial charge in [-0.1, -0.05) is 69.4 Å². The first kappa shape index (κ1) is 26.9. The Labute approximate surface area is 227 Å². The SMILES string of the molecule is CCC1[C@H](C2CCCCC2)CN(c2ccccc2)c2cc(C)c(-c3cc(C(O)O)ccc3C)cc2S1(=O)=O. The van der Waals surface area contributed by atoms with Crippen LogP contribution in [0.15, 0.2) is 65.6 Å². The maximum atomic E-state index is 14.5. The van der Waals surface area contributed by atoms with Gasteiger partial charge in [0.05, 0.1) is 15.8 Å². The predicted octanol–water partition coefficient (Wildman–Crippen LogP) is 6.85. The number of anilines is 2. The Hall–Kier alpha value is -2.67. The largest absolute Gasteiger partial charge is 0.364 e. The van der Waals surface area contributed by atoms with Crippen LogP contribution in [0.4, 0.5) is 11.4 Å². The molecule has 2 aliphatic rings. The molecule has 1 aliphatic heterocycles. The van der Waals surface area contributed by atoms with E-state index < -0.39 is 21.4 Å². The molecule has 0 radical (unpaired) electrons. The van der Waals surface area contributed by atoms with Crippen LogP contribution in [0, 0.1) is 25.7 Å². The van der Waals surface area contributed by atoms with E-state index in [1.54, 1.807) is 12.1 Å². The third kappa shape index (κ3) is 4.90. The van der Waals surface area contributed by atoms with Crippen molar-refractivity contribution in [3.8, 4) is 11.1 Å². The van der Waals surface area contributed by atoms with Crippen molar-refractivity contribution in [2.75, 3.05) is 11.4 Å². The summed E-state index contributed by atoms with van der Waals surface area (Å²) in [4.78, 5) is 2.61. The standard InChI is InChI=1S/C32H39NO4S/c1-4-30-28(23-11-7-5-8-12-23)20-33(25-13-9-6-10-14-25)29-17-22(3)27(19-31(29)38(30,36)37)26-18-24(32(34)35)16-15-21(26)2/h6,9-10,13-19,23,28,30,32,34-35H,4-5,7-8,11-12,20H2,1-3H3/t28-,30?/m0/s1. The fraction of sp³-hybridized carbons (Fsp3) is 0.438. The van der Waals surface area contributed by atoms with Crippen LogP contribution in [0.25, 0.3) is 11.1 Å². The molecule has 1 fully saturated rings. The number of para-hydroxylation sites is 1. The number of hydrogen-bond donors (Lipinski definition) is 2. The van der Waals surface area contributed by atoms with Gasteiger partial charge in [-0.05, 0) is 84.7 Å². The van der Waals surface area contributed by atoms with Gasteiger partial charge in [-0.25, -0.2) is 8.42 Å². The number of fused-ring (bicyclic) bond motifs is 1. The van der Waals surface area contributed by atoms with Gasteiger partial charge in [0.2, 0.25) is 0 Å². The molecule has 0 spiro atoms. The number of hydrogen-bond acceptors (Lipinski definition) is 5. The number of sulfone groups is 1. The molecule has 5 rings (SSSR count). The quantitative estimate of drug-likeness (QED) is 0.351. The third-order valence-corrected chi connectivity index (χ3v) is 11.2. The third-order valence-electron chi connectivity index (χ3n) is 8.75. The number of nitrogens with zero attached hydrogens (tertiary/aromatic N) is 1. The second-order valence-electron chi connectivity index (χ2n) is 11.1. The van der Waals surface area contributed by atoms with E-state index in [-0.39, 0.29) is 5.92 Å². The first-order valence-electron chi connectivity index (χ1n) is 13.9. The summed E-state index contributed by atoms with van der Waals surface area (Å²) in [5.41, 5.74) is 5.68. The molecule has 202 valence electrons. The maximum Gasteiger partial charge on any atom is 0.183 e. The van der Waals surface area contributed by atoms with Crippen LogP contribution in [-0.4, -0.2) is 30.4 Å². The lowest BCUT2D eigenvalue weighted by atomic mass is 9.77. The van der Waals surface area contributed by atoms with Crippen molar-refractivity contribution in [2.45, 2.75) is 75.7 Å². The highest BCUT2D eigenvalue weighted by molar-refractivity contribution is 7.92. The molecule has 1 heterocycles. The smallest absolute Gasteiger partial charge is 0.183 e. The van der Waals surface area contributed by atoms with Crippen LogP contribution in [0.5, 0.6) is 0 Å². The summed E-state index contributed by atoms with van der Waals surface area (Å²) < 4.78 is 29.1. The van der Waals surface area contributed by atoms with Gasteiger partial charge in [0, 0.05) is 17.8 Å². The van der Waals surface area contributed by atoms with Gasteiger partial charge < -0.3 is 15.1 Å². The van der Waals surface area contributed by atoms with Crippen LogP contribution in [0.2, 0.25) is 0 Å². The molecule has 1 aliphatic carbocycles. The topological polar surface area (TPSA) is 77.8 Å². The van der Waals surface area contributed by atoms with Gasteiger partial charge in [0.25, 0.3) is 0 Å². The summed E-state index contributed by atoms with van der Waals surface area (Å²) in [7, 11) is -3.64. The van der Waals surface area contributed by atoms with E-state index in [9.17, 15) is 18.6 Å². The molecule has 2 N–H and O–H groups in total. The lowest BCUT2D eigenvalue weighted by Crippen LogP contribution is -2.39. The van der Waals surface area contributed by atoms with Gasteiger partial charge in [0.1, 0.15) is 0 Å². The molecular formula is C32H39NO4S. The summed E-state index contributed by atoms with van der Waals surface area (Å²) >= 11 is 0. The summed E-state index contributed by atoms with van der Waals surface area (Å²) in [5, 5.41) is 19.2. The highest BCUT2D eigenvalue weighted by Crippen LogP contribution is 2.47. The Morgan fingerprint density at radius 1 is 0.895 bits per heavy atom. The molecule has 5 nitrogen and oxygen atoms in total. The molecule has 0 aromatic heterocycles. The molecule has 2 atom stereocenters. The lowest BCUT2D eigenvalue weighted by molar-refractivity contribution is -0.0424. The Balaban J connectivity index is 1.74. The van der Waals surface area contributed by atoms with Crippen LogP contribution >= 0.6 is 0 Å². The van der Waals surface area contributed by atoms with Gasteiger partial charge >= 0.3 is 0 Å². The zero-order valence-electron chi connectivity index (χ0n) is 22.6. The predicted molar refractivity (Wildman–Crippen MR) is 153 cm³/mol. The van der Waals surface area contributed by atoms with E-state index in [1.807, 2.05) is 57.2 Å². The zero-order valence-corrected chi connectivity index (χ0v) is 23.4. The number of aliphatic hydroxyl groups is 2. The van der Waals surface area contributed by atoms with Crippen molar-refractivity contribution in [3.05, 3.63) is 77.4 Å². The van der Waals surface area contributed by atoms with Crippen molar-refractivity contribution in [1.82, 2.24) is 0 Å². The summed E-state index contributed by atoms with van der Waals surface area (Å²) in [6, 6.07) is 19.3. The molecule has 1 unspecified atom stereocenters. The Morgan fingerprint density at radius 2 is 1.58 bits per heavy atom. The van der Waals surface area contributed by atoms with Crippen LogP contribution in [0.3, 0.4) is 0 Å². The molecule has 38 heavy (non-hydrogen) atoms. The number of benzene rings is 3. The van der Waals surface area contributed by atoms with E-state index in [2.05, 4.69) is 17.0 Å². The molecule has 3 aromatic rings. The highest BCUT2D eigenvalue weighted by atomic mass is 32.2. The first-order chi connectivity index (χ1) is 18.2. The average molecular weight is 534 g/mol. The van der Waals surface area contributed by atoms with E-state index in [1.165, 1.54) is 19.3 Å². The number of aliphatic hydroxyl groups excluding tert-OH is 1. The zero-order chi connectivity index (χ0) is 27.0. The van der Waals surface area contributed by atoms with E-state index in [0.717, 1.165) is 46.5 Å². The molecule has 6 heteroatoms. The van der Waals surface area contributed by atoms with Gasteiger partial charge in [-0.3, -0.25) is 0 Å². The Kier molecular flexibility index (Phi) is 7.67. The summed E-state index contributed by atoms with van der Waals surface area (Å²) in [6.07, 6.45) is 4.76. The number of aryl methyl sites for hydroxylation is 2. The molecule has 0 amide bonds. The second kappa shape index (κ2) is 10.8. The second-order valence-corrected chi connectivity index (χ2v) is 13.2. The van der Waals surface area contributed by atoms with Gasteiger partial charge in [-0.2, -0.15) is 0 Å². The minimum atomic E-state index is -3.64. The summed E-state index contributed by atoms with van der Waals surface area (Å²) in [5.74, 6) is 0.450. The average Bonchev–Trinajstić information content (AvgIpc) is 3.01. The van der Waals surface area contributed by atoms with Crippen molar-refractivity contribution in [2.24, 2.45) is 11.8 Å². The van der Waals surface area contributed by atoms with E-state index in [4.69, 9.17) is 0 Å². The normalized spacial score (nSPS) is 21.8. The highest BCUT2D eigenvalue weighted by Gasteiger charge is 2.44. The number of rotatable bonds is 5. The van der Waals surface area contributed by atoms with Crippen molar-refractivity contribution >= 4 is 21.2 Å². The lowest BCUT2D eigenvalue weighted by Gasteiger charge is -2.36. The van der Waals surface area contributed by atoms with Gasteiger partial charge in [0.15, 0.2) is 16.1 Å². The molecule has 1 saturated carbocycles. The van der Waals surface area contributed by atoms with Crippen molar-refractivity contribution < 1.29 is 18.6 Å². The van der Waals surface area contributed by atoms with E-state index >= 15 is 0 Å². The Bertz CT molecular complexity index is 1390. The van der Waals surface area contributed by atoms with Crippen molar-refractivity contribution in [1.29, 1.82) is 0 Å². The monoisotopic (exact) mass is 533 g/mol. The fourth-order valence-electron chi connectivity index (χ4n) is 6.70. The summed E-state index contributed by atoms with van der Waals surface area (Å²) in [6.45, 7) is 6.67. The molecule has 0 saturated heterocycles. The van der Waals surface area contributed by atoms with Crippen LogP contribution in [-0.2, 0) is 9.84 Å².